The highest BCUT2D eigenvalue weighted by Crippen LogP contribution is 2.49. The SMILES string of the molecule is CC(=O)C(C)OP(=O)(CCNC(=O)OCc1ccccc1)Oc1ccccc1.II.O=C(NCCP(=O)(O)Oc1ccccc1)OCc1ccccc1. The topological polar surface area (TPSA) is 176 Å². The van der Waals surface area contributed by atoms with Crippen LogP contribution >= 0.6 is 52.4 Å². The molecule has 0 saturated heterocycles. The highest BCUT2D eigenvalue weighted by atomic mass is 128. The molecule has 0 saturated carbocycles. The Morgan fingerprint density at radius 1 is 0.642 bits per heavy atom. The molecule has 3 N–H and O–H groups in total. The van der Waals surface area contributed by atoms with Crippen molar-refractivity contribution in [2.75, 3.05) is 25.4 Å². The highest BCUT2D eigenvalue weighted by molar-refractivity contribution is 15.0. The summed E-state index contributed by atoms with van der Waals surface area (Å²) in [6, 6.07) is 35.4. The first kappa shape index (κ1) is 45.7. The van der Waals surface area contributed by atoms with Gasteiger partial charge in [0.05, 0.1) is 12.3 Å². The Hall–Kier alpha value is -3.47. The molecule has 0 aliphatic heterocycles. The smallest absolute Gasteiger partial charge is 0.407 e. The summed E-state index contributed by atoms with van der Waals surface area (Å²) >= 11 is 4.24. The highest BCUT2D eigenvalue weighted by Gasteiger charge is 2.30. The maximum absolute atomic E-state index is 13.1. The van der Waals surface area contributed by atoms with E-state index < -0.39 is 33.5 Å². The Morgan fingerprint density at radius 3 is 1.43 bits per heavy atom. The number of ketones is 1. The van der Waals surface area contributed by atoms with Crippen LogP contribution in [0.25, 0.3) is 0 Å². The molecule has 3 unspecified atom stereocenters. The van der Waals surface area contributed by atoms with Gasteiger partial charge in [0.1, 0.15) is 30.8 Å². The average Bonchev–Trinajstić information content (AvgIpc) is 3.15. The van der Waals surface area contributed by atoms with Crippen LogP contribution in [-0.4, -0.2) is 54.4 Å². The monoisotopic (exact) mass is 994 g/mol. The van der Waals surface area contributed by atoms with Gasteiger partial charge in [0.25, 0.3) is 0 Å². The number of para-hydroxylation sites is 2. The predicted molar refractivity (Wildman–Crippen MR) is 220 cm³/mol. The zero-order chi connectivity index (χ0) is 39.0. The molecule has 4 aromatic rings. The van der Waals surface area contributed by atoms with E-state index in [1.54, 1.807) is 60.7 Å². The number of rotatable bonds is 17. The van der Waals surface area contributed by atoms with Gasteiger partial charge in [-0.2, -0.15) is 0 Å². The Bertz CT molecular complexity index is 1740. The summed E-state index contributed by atoms with van der Waals surface area (Å²) in [6.45, 7) is 3.10. The molecule has 4 aromatic carbocycles. The number of Topliss-reactive ketones (excluding diaryl/α,β-unsaturated/α-hetero) is 1. The molecule has 0 fully saturated rings. The minimum absolute atomic E-state index is 0.00234. The van der Waals surface area contributed by atoms with Gasteiger partial charge >= 0.3 is 27.4 Å². The zero-order valence-electron chi connectivity index (χ0n) is 29.0. The van der Waals surface area contributed by atoms with E-state index in [4.69, 9.17) is 23.0 Å². The second-order valence-electron chi connectivity index (χ2n) is 10.8. The number of carbonyl (C=O) groups excluding carboxylic acids is 3. The fraction of sp³-hybridized carbons (Fsp3) is 0.250. The molecule has 0 heterocycles. The molecule has 4 rings (SSSR count). The van der Waals surface area contributed by atoms with E-state index in [0.717, 1.165) is 11.1 Å². The van der Waals surface area contributed by atoms with Crippen LogP contribution in [0.2, 0.25) is 0 Å². The maximum atomic E-state index is 13.1. The summed E-state index contributed by atoms with van der Waals surface area (Å²) in [4.78, 5) is 44.6. The third-order valence-corrected chi connectivity index (χ3v) is 9.80. The summed E-state index contributed by atoms with van der Waals surface area (Å²) in [6.07, 6.45) is -2.50. The van der Waals surface area contributed by atoms with Gasteiger partial charge in [-0.15, -0.1) is 0 Å². The van der Waals surface area contributed by atoms with Gasteiger partial charge in [-0.05, 0) is 49.2 Å². The molecule has 286 valence electrons. The van der Waals surface area contributed by atoms with Crippen LogP contribution in [0.15, 0.2) is 121 Å². The largest absolute Gasteiger partial charge is 0.445 e. The number of hydrogen-bond donors (Lipinski definition) is 3. The van der Waals surface area contributed by atoms with Crippen LogP contribution < -0.4 is 19.7 Å². The number of hydrogen-bond acceptors (Lipinski definition) is 10. The van der Waals surface area contributed by atoms with Crippen molar-refractivity contribution >= 4 is 70.4 Å². The minimum atomic E-state index is -3.82. The number of carbonyl (C=O) groups is 3. The van der Waals surface area contributed by atoms with Gasteiger partial charge in [0.2, 0.25) is 0 Å². The standard InChI is InChI=1S/C20H24NO6P.C16H18NO5P.I2/c1-16(22)17(2)26-28(24,27-19-11-7-4-8-12-19)14-13-21-20(23)25-15-18-9-5-3-6-10-18;18-16(21-13-14-7-3-1-4-8-14)17-11-12-23(19,20)22-15-9-5-2-6-10-15;1-2/h3-12,17H,13-15H2,1-2H3,(H,21,23);1-10H,11-13H2,(H,17,18)(H,19,20);. The number of alkyl carbamates (subject to hydrolysis) is 2. The summed E-state index contributed by atoms with van der Waals surface area (Å²) in [5, 5.41) is 4.94. The molecule has 2 amide bonds. The third-order valence-electron chi connectivity index (χ3n) is 6.61. The molecule has 17 heteroatoms. The summed E-state index contributed by atoms with van der Waals surface area (Å²) in [7, 11) is -7.49. The molecule has 0 spiro atoms. The maximum Gasteiger partial charge on any atom is 0.407 e. The first-order valence-electron chi connectivity index (χ1n) is 16.1. The molecule has 0 aliphatic carbocycles. The second kappa shape index (κ2) is 25.5. The van der Waals surface area contributed by atoms with E-state index in [1.807, 2.05) is 60.7 Å². The Kier molecular flexibility index (Phi) is 22.0. The normalized spacial score (nSPS) is 13.0. The number of halogens is 2. The van der Waals surface area contributed by atoms with Crippen molar-refractivity contribution in [2.24, 2.45) is 0 Å². The molecule has 3 atom stereocenters. The molecule has 0 bridgehead atoms. The first-order valence-corrected chi connectivity index (χ1v) is 25.8. The van der Waals surface area contributed by atoms with Crippen molar-refractivity contribution < 1.29 is 51.5 Å². The van der Waals surface area contributed by atoms with Gasteiger partial charge in [-0.3, -0.25) is 9.32 Å². The van der Waals surface area contributed by atoms with Gasteiger partial charge in [0.15, 0.2) is 5.78 Å². The van der Waals surface area contributed by atoms with Crippen molar-refractivity contribution in [1.82, 2.24) is 10.6 Å². The fourth-order valence-corrected chi connectivity index (χ4v) is 6.55. The molecular formula is C36H42I2N2O11P2. The van der Waals surface area contributed by atoms with E-state index in [1.165, 1.54) is 13.8 Å². The number of ether oxygens (including phenoxy) is 2. The number of amides is 2. The zero-order valence-corrected chi connectivity index (χ0v) is 35.2. The summed E-state index contributed by atoms with van der Waals surface area (Å²) in [5.74, 6) is 0.394. The number of nitrogens with one attached hydrogen (secondary N) is 2. The lowest BCUT2D eigenvalue weighted by molar-refractivity contribution is -0.123. The van der Waals surface area contributed by atoms with Gasteiger partial charge < -0.3 is 34.0 Å². The van der Waals surface area contributed by atoms with Crippen LogP contribution in [0.5, 0.6) is 11.5 Å². The Labute approximate surface area is 332 Å². The van der Waals surface area contributed by atoms with Crippen molar-refractivity contribution in [3.63, 3.8) is 0 Å². The van der Waals surface area contributed by atoms with E-state index in [-0.39, 0.29) is 44.4 Å². The molecule has 0 radical (unpaired) electrons. The van der Waals surface area contributed by atoms with Crippen LogP contribution in [0, 0.1) is 0 Å². The van der Waals surface area contributed by atoms with Crippen molar-refractivity contribution in [3.05, 3.63) is 132 Å². The van der Waals surface area contributed by atoms with E-state index in [2.05, 4.69) is 47.9 Å². The van der Waals surface area contributed by atoms with Gasteiger partial charge in [-0.25, -0.2) is 18.7 Å². The van der Waals surface area contributed by atoms with Crippen LogP contribution in [-0.2, 0) is 41.1 Å². The molecular weight excluding hydrogens is 952 g/mol. The second-order valence-corrected chi connectivity index (χ2v) is 14.8. The van der Waals surface area contributed by atoms with Crippen molar-refractivity contribution in [1.29, 1.82) is 0 Å². The van der Waals surface area contributed by atoms with Crippen LogP contribution in [0.3, 0.4) is 0 Å². The third kappa shape index (κ3) is 20.5. The first-order chi connectivity index (χ1) is 25.4. The van der Waals surface area contributed by atoms with Gasteiger partial charge in [0, 0.05) is 50.3 Å². The molecule has 0 aromatic heterocycles. The van der Waals surface area contributed by atoms with Crippen molar-refractivity contribution in [3.8, 4) is 11.5 Å². The molecule has 0 aliphatic rings. The summed E-state index contributed by atoms with van der Waals surface area (Å²) < 4.78 is 51.0. The van der Waals surface area contributed by atoms with Crippen molar-refractivity contribution in [2.45, 2.75) is 33.2 Å². The minimum Gasteiger partial charge on any atom is -0.445 e. The average molecular weight is 994 g/mol. The molecule has 13 nitrogen and oxygen atoms in total. The number of benzene rings is 4. The van der Waals surface area contributed by atoms with Crippen LogP contribution in [0.4, 0.5) is 9.59 Å². The quantitative estimate of drug-likeness (QED) is 0.0680. The lowest BCUT2D eigenvalue weighted by atomic mass is 10.2. The summed E-state index contributed by atoms with van der Waals surface area (Å²) in [5.41, 5.74) is 1.72. The predicted octanol–water partition coefficient (Wildman–Crippen LogP) is 9.13. The Balaban J connectivity index is 0.000000356. The van der Waals surface area contributed by atoms with E-state index >= 15 is 0 Å². The Morgan fingerprint density at radius 2 is 1.02 bits per heavy atom. The van der Waals surface area contributed by atoms with Gasteiger partial charge in [-0.1, -0.05) is 97.1 Å². The van der Waals surface area contributed by atoms with Crippen LogP contribution in [0.1, 0.15) is 25.0 Å². The van der Waals surface area contributed by atoms with E-state index in [0.29, 0.717) is 11.5 Å². The lowest BCUT2D eigenvalue weighted by Gasteiger charge is -2.22. The molecule has 53 heavy (non-hydrogen) atoms. The van der Waals surface area contributed by atoms with E-state index in [9.17, 15) is 28.4 Å². The lowest BCUT2D eigenvalue weighted by Crippen LogP contribution is -2.28. The fourth-order valence-electron chi connectivity index (χ4n) is 3.91.